The van der Waals surface area contributed by atoms with Crippen LogP contribution >= 0.6 is 0 Å². The SMILES string of the molecule is CC(C)(CC(C=N)S(C)(=O)=O)NC(=O)c1cc2cc(Oc3ncccc3OCC(F)(F)F)ccn2n1. The van der Waals surface area contributed by atoms with Crippen molar-refractivity contribution in [2.24, 2.45) is 0 Å². The molecule has 0 saturated carbocycles. The number of rotatable bonds is 10. The first-order chi connectivity index (χ1) is 16.7. The molecule has 0 aliphatic carbocycles. The number of carbonyl (C=O) groups excluding carboxylic acids is 1. The molecule has 0 aromatic carbocycles. The number of amides is 1. The van der Waals surface area contributed by atoms with Gasteiger partial charge in [-0.3, -0.25) is 4.79 Å². The first-order valence-corrected chi connectivity index (χ1v) is 12.5. The molecule has 3 heterocycles. The molecule has 14 heteroatoms. The number of fused-ring (bicyclic) bond motifs is 1. The van der Waals surface area contributed by atoms with E-state index >= 15 is 0 Å². The number of nitrogens with zero attached hydrogens (tertiary/aromatic N) is 3. The van der Waals surface area contributed by atoms with Crippen LogP contribution in [0.15, 0.2) is 42.7 Å². The molecule has 0 aliphatic heterocycles. The van der Waals surface area contributed by atoms with Gasteiger partial charge in [0.15, 0.2) is 27.9 Å². The predicted octanol–water partition coefficient (Wildman–Crippen LogP) is 3.42. The molecule has 1 unspecified atom stereocenters. The van der Waals surface area contributed by atoms with Crippen molar-refractivity contribution in [1.29, 1.82) is 5.41 Å². The largest absolute Gasteiger partial charge is 0.478 e. The molecule has 194 valence electrons. The first kappa shape index (κ1) is 26.9. The van der Waals surface area contributed by atoms with Crippen LogP contribution in [0.5, 0.6) is 17.4 Å². The van der Waals surface area contributed by atoms with Crippen LogP contribution in [0.1, 0.15) is 30.8 Å². The van der Waals surface area contributed by atoms with Crippen molar-refractivity contribution < 1.29 is 35.9 Å². The van der Waals surface area contributed by atoms with Crippen LogP contribution in [0.2, 0.25) is 0 Å². The molecule has 0 radical (unpaired) electrons. The molecule has 3 rings (SSSR count). The van der Waals surface area contributed by atoms with Crippen molar-refractivity contribution in [3.8, 4) is 17.4 Å². The Kier molecular flexibility index (Phi) is 7.57. The zero-order chi connectivity index (χ0) is 26.7. The third kappa shape index (κ3) is 7.16. The Labute approximate surface area is 204 Å². The number of carbonyl (C=O) groups is 1. The molecule has 2 N–H and O–H groups in total. The summed E-state index contributed by atoms with van der Waals surface area (Å²) in [7, 11) is -3.51. The van der Waals surface area contributed by atoms with E-state index in [0.717, 1.165) is 12.5 Å². The van der Waals surface area contributed by atoms with E-state index in [-0.39, 0.29) is 29.5 Å². The van der Waals surface area contributed by atoms with Gasteiger partial charge in [-0.05, 0) is 44.5 Å². The summed E-state index contributed by atoms with van der Waals surface area (Å²) < 4.78 is 72.9. The lowest BCUT2D eigenvalue weighted by atomic mass is 9.98. The Bertz CT molecular complexity index is 1370. The monoisotopic (exact) mass is 527 g/mol. The van der Waals surface area contributed by atoms with E-state index in [2.05, 4.69) is 15.4 Å². The van der Waals surface area contributed by atoms with Crippen molar-refractivity contribution in [3.63, 3.8) is 0 Å². The van der Waals surface area contributed by atoms with E-state index in [9.17, 15) is 26.4 Å². The number of nitrogens with one attached hydrogen (secondary N) is 2. The van der Waals surface area contributed by atoms with Gasteiger partial charge in [0.1, 0.15) is 5.75 Å². The van der Waals surface area contributed by atoms with Crippen LogP contribution in [0.3, 0.4) is 0 Å². The van der Waals surface area contributed by atoms with Gasteiger partial charge in [-0.25, -0.2) is 17.9 Å². The van der Waals surface area contributed by atoms with Gasteiger partial charge < -0.3 is 20.2 Å². The molecular formula is C22H24F3N5O5S. The summed E-state index contributed by atoms with van der Waals surface area (Å²) in [5.41, 5.74) is -0.478. The first-order valence-electron chi connectivity index (χ1n) is 10.5. The number of sulfone groups is 1. The Morgan fingerprint density at radius 3 is 2.64 bits per heavy atom. The molecule has 36 heavy (non-hydrogen) atoms. The van der Waals surface area contributed by atoms with Gasteiger partial charge in [0.25, 0.3) is 11.8 Å². The Morgan fingerprint density at radius 2 is 2.00 bits per heavy atom. The number of ether oxygens (including phenoxy) is 2. The highest BCUT2D eigenvalue weighted by Gasteiger charge is 2.31. The molecule has 1 atom stereocenters. The van der Waals surface area contributed by atoms with Crippen LogP contribution in [-0.2, 0) is 9.84 Å². The summed E-state index contributed by atoms with van der Waals surface area (Å²) in [6, 6.07) is 7.15. The second-order valence-electron chi connectivity index (χ2n) is 8.65. The minimum absolute atomic E-state index is 0.00471. The zero-order valence-corrected chi connectivity index (χ0v) is 20.4. The van der Waals surface area contributed by atoms with E-state index in [0.29, 0.717) is 5.52 Å². The van der Waals surface area contributed by atoms with E-state index < -0.39 is 39.3 Å². The maximum Gasteiger partial charge on any atom is 0.422 e. The predicted molar refractivity (Wildman–Crippen MR) is 125 cm³/mol. The topological polar surface area (TPSA) is 136 Å². The zero-order valence-electron chi connectivity index (χ0n) is 19.5. The van der Waals surface area contributed by atoms with Crippen molar-refractivity contribution in [3.05, 3.63) is 48.4 Å². The van der Waals surface area contributed by atoms with Crippen molar-refractivity contribution in [2.75, 3.05) is 12.9 Å². The Hall–Kier alpha value is -3.68. The lowest BCUT2D eigenvalue weighted by molar-refractivity contribution is -0.153. The van der Waals surface area contributed by atoms with Gasteiger partial charge in [0.2, 0.25) is 0 Å². The lowest BCUT2D eigenvalue weighted by Gasteiger charge is -2.28. The van der Waals surface area contributed by atoms with Gasteiger partial charge in [-0.2, -0.15) is 18.3 Å². The number of aromatic nitrogens is 3. The van der Waals surface area contributed by atoms with Crippen LogP contribution < -0.4 is 14.8 Å². The lowest BCUT2D eigenvalue weighted by Crippen LogP contribution is -2.47. The third-order valence-electron chi connectivity index (χ3n) is 4.91. The number of alkyl halides is 3. The molecule has 3 aromatic heterocycles. The second kappa shape index (κ2) is 10.1. The molecule has 0 aliphatic rings. The minimum Gasteiger partial charge on any atom is -0.478 e. The fourth-order valence-corrected chi connectivity index (χ4v) is 4.21. The van der Waals surface area contributed by atoms with Gasteiger partial charge in [-0.15, -0.1) is 0 Å². The second-order valence-corrected chi connectivity index (χ2v) is 10.9. The number of halogens is 3. The smallest absolute Gasteiger partial charge is 0.422 e. The maximum absolute atomic E-state index is 12.8. The molecular weight excluding hydrogens is 503 g/mol. The summed E-state index contributed by atoms with van der Waals surface area (Å²) in [4.78, 5) is 16.7. The Morgan fingerprint density at radius 1 is 1.28 bits per heavy atom. The fourth-order valence-electron chi connectivity index (χ4n) is 3.24. The molecule has 3 aromatic rings. The summed E-state index contributed by atoms with van der Waals surface area (Å²) in [5, 5.41) is 13.2. The molecule has 0 fully saturated rings. The minimum atomic E-state index is -4.53. The molecule has 0 bridgehead atoms. The van der Waals surface area contributed by atoms with Crippen LogP contribution in [0.4, 0.5) is 13.2 Å². The van der Waals surface area contributed by atoms with E-state index in [4.69, 9.17) is 14.9 Å². The van der Waals surface area contributed by atoms with Crippen molar-refractivity contribution in [1.82, 2.24) is 19.9 Å². The van der Waals surface area contributed by atoms with Gasteiger partial charge in [0.05, 0.1) is 10.8 Å². The van der Waals surface area contributed by atoms with Gasteiger partial charge in [0, 0.05) is 36.5 Å². The highest BCUT2D eigenvalue weighted by atomic mass is 32.2. The van der Waals surface area contributed by atoms with Crippen LogP contribution in [0.25, 0.3) is 5.52 Å². The summed E-state index contributed by atoms with van der Waals surface area (Å²) in [5.74, 6) is -0.706. The van der Waals surface area contributed by atoms with Crippen molar-refractivity contribution in [2.45, 2.75) is 37.2 Å². The van der Waals surface area contributed by atoms with Crippen LogP contribution in [0, 0.1) is 5.41 Å². The molecule has 1 amide bonds. The highest BCUT2D eigenvalue weighted by Crippen LogP contribution is 2.31. The summed E-state index contributed by atoms with van der Waals surface area (Å²) in [6.07, 6.45) is 0.149. The fraction of sp³-hybridized carbons (Fsp3) is 0.364. The number of hydrogen-bond donors (Lipinski definition) is 2. The highest BCUT2D eigenvalue weighted by molar-refractivity contribution is 7.92. The van der Waals surface area contributed by atoms with Gasteiger partial charge >= 0.3 is 6.18 Å². The quantitative estimate of drug-likeness (QED) is 0.386. The van der Waals surface area contributed by atoms with Gasteiger partial charge in [-0.1, -0.05) is 0 Å². The van der Waals surface area contributed by atoms with E-state index in [1.165, 1.54) is 47.2 Å². The third-order valence-corrected chi connectivity index (χ3v) is 6.31. The molecule has 0 saturated heterocycles. The maximum atomic E-state index is 12.8. The standard InChI is InChI=1S/C22H24F3N5O5S/c1-21(2,11-16(12-26)36(3,32)33)28-19(31)17-10-14-9-15(6-8-30(14)29-17)35-20-18(5-4-7-27-20)34-13-22(23,24)25/h4-10,12,16,26H,11,13H2,1-3H3,(H,28,31). The van der Waals surface area contributed by atoms with E-state index in [1.807, 2.05) is 0 Å². The molecule has 10 nitrogen and oxygen atoms in total. The van der Waals surface area contributed by atoms with Crippen LogP contribution in [-0.4, -0.2) is 65.0 Å². The number of pyridine rings is 2. The average molecular weight is 528 g/mol. The Balaban J connectivity index is 1.76. The normalized spacial score (nSPS) is 13.3. The molecule has 0 spiro atoms. The summed E-state index contributed by atoms with van der Waals surface area (Å²) in [6.45, 7) is 1.77. The van der Waals surface area contributed by atoms with E-state index in [1.54, 1.807) is 13.8 Å². The summed E-state index contributed by atoms with van der Waals surface area (Å²) >= 11 is 0. The average Bonchev–Trinajstić information content (AvgIpc) is 3.19. The number of hydrogen-bond acceptors (Lipinski definition) is 8. The van der Waals surface area contributed by atoms with Crippen molar-refractivity contribution >= 4 is 27.5 Å².